The Hall–Kier alpha value is -4.94. The minimum atomic E-state index is -0.480. The average molecular weight is 488 g/mol. The lowest BCUT2D eigenvalue weighted by molar-refractivity contribution is 0.0990. The van der Waals surface area contributed by atoms with Gasteiger partial charge in [-0.15, -0.1) is 0 Å². The number of rotatable bonds is 6. The van der Waals surface area contributed by atoms with Crippen molar-refractivity contribution in [1.29, 1.82) is 10.5 Å². The number of carbonyl (C=O) groups excluding carboxylic acids is 2. The molecule has 0 spiro atoms. The zero-order chi connectivity index (χ0) is 26.7. The van der Waals surface area contributed by atoms with Gasteiger partial charge in [-0.2, -0.15) is 10.5 Å². The fourth-order valence-corrected chi connectivity index (χ4v) is 4.25. The third-order valence-electron chi connectivity index (χ3n) is 6.12. The Morgan fingerprint density at radius 1 is 0.838 bits per heavy atom. The van der Waals surface area contributed by atoms with E-state index in [1.165, 1.54) is 19.1 Å². The lowest BCUT2D eigenvalue weighted by atomic mass is 9.92. The summed E-state index contributed by atoms with van der Waals surface area (Å²) in [6.07, 6.45) is 0.00843. The van der Waals surface area contributed by atoms with E-state index >= 15 is 4.39 Å². The lowest BCUT2D eigenvalue weighted by Crippen LogP contribution is -2.06. The van der Waals surface area contributed by atoms with Crippen molar-refractivity contribution in [3.8, 4) is 34.5 Å². The summed E-state index contributed by atoms with van der Waals surface area (Å²) in [7, 11) is 0. The highest BCUT2D eigenvalue weighted by Crippen LogP contribution is 2.30. The molecule has 4 aromatic rings. The van der Waals surface area contributed by atoms with E-state index in [0.717, 1.165) is 0 Å². The highest BCUT2D eigenvalue weighted by molar-refractivity contribution is 5.99. The van der Waals surface area contributed by atoms with Gasteiger partial charge in [0.25, 0.3) is 0 Å². The van der Waals surface area contributed by atoms with Crippen molar-refractivity contribution < 1.29 is 14.0 Å². The molecule has 0 aliphatic carbocycles. The van der Waals surface area contributed by atoms with Crippen LogP contribution in [0.15, 0.2) is 66.7 Å². The second kappa shape index (κ2) is 10.4. The van der Waals surface area contributed by atoms with Gasteiger partial charge in [0.1, 0.15) is 5.82 Å². The van der Waals surface area contributed by atoms with Crippen LogP contribution < -0.4 is 0 Å². The third-order valence-corrected chi connectivity index (χ3v) is 6.12. The second-order valence-electron chi connectivity index (χ2n) is 8.84. The van der Waals surface area contributed by atoms with E-state index in [-0.39, 0.29) is 23.6 Å². The predicted octanol–water partition coefficient (Wildman–Crippen LogP) is 6.54. The maximum Gasteiger partial charge on any atom is 0.167 e. The van der Waals surface area contributed by atoms with Crippen molar-refractivity contribution in [2.45, 2.75) is 27.2 Å². The molecule has 4 rings (SSSR count). The number of pyridine rings is 1. The summed E-state index contributed by atoms with van der Waals surface area (Å²) in [5.74, 6) is -0.833. The summed E-state index contributed by atoms with van der Waals surface area (Å²) in [5, 5.41) is 19.1. The topological polar surface area (TPSA) is 94.6 Å². The van der Waals surface area contributed by atoms with Crippen LogP contribution in [0, 0.1) is 42.3 Å². The van der Waals surface area contributed by atoms with Gasteiger partial charge in [0.05, 0.1) is 29.0 Å². The van der Waals surface area contributed by atoms with Gasteiger partial charge < -0.3 is 0 Å². The van der Waals surface area contributed by atoms with E-state index in [4.69, 9.17) is 0 Å². The molecule has 5 nitrogen and oxygen atoms in total. The monoisotopic (exact) mass is 487 g/mol. The summed E-state index contributed by atoms with van der Waals surface area (Å²) in [6, 6.07) is 22.2. The SMILES string of the molecule is CC(=O)c1cc(C)nc(-c2cc(CC(=O)c3cc(C)c(F)c(-c4ccccc4C#N)c3)ccc2C#N)c1. The maximum atomic E-state index is 15.0. The summed E-state index contributed by atoms with van der Waals surface area (Å²) in [5.41, 5.74) is 4.70. The number of nitriles is 2. The highest BCUT2D eigenvalue weighted by Gasteiger charge is 2.18. The Morgan fingerprint density at radius 2 is 1.54 bits per heavy atom. The first-order chi connectivity index (χ1) is 17.7. The average Bonchev–Trinajstić information content (AvgIpc) is 2.89. The van der Waals surface area contributed by atoms with Crippen molar-refractivity contribution >= 4 is 11.6 Å². The van der Waals surface area contributed by atoms with Gasteiger partial charge in [-0.1, -0.05) is 24.3 Å². The number of aromatic nitrogens is 1. The summed E-state index contributed by atoms with van der Waals surface area (Å²) in [4.78, 5) is 29.7. The number of carbonyl (C=O) groups is 2. The van der Waals surface area contributed by atoms with Gasteiger partial charge in [-0.05, 0) is 74.4 Å². The van der Waals surface area contributed by atoms with Gasteiger partial charge in [-0.25, -0.2) is 4.39 Å². The zero-order valence-corrected chi connectivity index (χ0v) is 20.6. The Balaban J connectivity index is 1.73. The molecule has 0 saturated carbocycles. The zero-order valence-electron chi connectivity index (χ0n) is 20.6. The number of ketones is 2. The first kappa shape index (κ1) is 25.2. The molecule has 37 heavy (non-hydrogen) atoms. The molecule has 1 heterocycles. The van der Waals surface area contributed by atoms with Crippen LogP contribution in [0.2, 0.25) is 0 Å². The number of hydrogen-bond acceptors (Lipinski definition) is 5. The molecule has 0 atom stereocenters. The summed E-state index contributed by atoms with van der Waals surface area (Å²) < 4.78 is 15.0. The minimum absolute atomic E-state index is 0.00843. The number of halogens is 1. The number of benzene rings is 3. The first-order valence-electron chi connectivity index (χ1n) is 11.6. The molecule has 0 aliphatic rings. The van der Waals surface area contributed by atoms with E-state index in [1.807, 2.05) is 0 Å². The van der Waals surface area contributed by atoms with E-state index in [0.29, 0.717) is 55.9 Å². The number of nitrogens with zero attached hydrogens (tertiary/aromatic N) is 3. The van der Waals surface area contributed by atoms with Crippen LogP contribution in [-0.4, -0.2) is 16.6 Å². The lowest BCUT2D eigenvalue weighted by Gasteiger charge is -2.12. The molecule has 6 heteroatoms. The molecule has 3 aromatic carbocycles. The summed E-state index contributed by atoms with van der Waals surface area (Å²) in [6.45, 7) is 4.82. The van der Waals surface area contributed by atoms with E-state index in [9.17, 15) is 20.1 Å². The number of hydrogen-bond donors (Lipinski definition) is 0. The normalized spacial score (nSPS) is 10.4. The van der Waals surface area contributed by atoms with Gasteiger partial charge >= 0.3 is 0 Å². The minimum Gasteiger partial charge on any atom is -0.295 e. The van der Waals surface area contributed by atoms with Crippen molar-refractivity contribution in [3.05, 3.63) is 112 Å². The van der Waals surface area contributed by atoms with E-state index in [2.05, 4.69) is 17.1 Å². The maximum absolute atomic E-state index is 15.0. The molecule has 0 unspecified atom stereocenters. The van der Waals surface area contributed by atoms with Crippen LogP contribution in [0.1, 0.15) is 55.6 Å². The molecule has 0 amide bonds. The number of Topliss-reactive ketones (excluding diaryl/α,β-unsaturated/α-hetero) is 2. The third kappa shape index (κ3) is 5.19. The molecular weight excluding hydrogens is 465 g/mol. The molecule has 0 N–H and O–H groups in total. The molecule has 1 aromatic heterocycles. The van der Waals surface area contributed by atoms with Gasteiger partial charge in [-0.3, -0.25) is 14.6 Å². The summed E-state index contributed by atoms with van der Waals surface area (Å²) >= 11 is 0. The molecule has 0 radical (unpaired) electrons. The van der Waals surface area contributed by atoms with Crippen LogP contribution in [0.4, 0.5) is 4.39 Å². The van der Waals surface area contributed by atoms with Gasteiger partial charge in [0.2, 0.25) is 0 Å². The predicted molar refractivity (Wildman–Crippen MR) is 138 cm³/mol. The van der Waals surface area contributed by atoms with E-state index < -0.39 is 5.82 Å². The standard InChI is InChI=1S/C31H22FN3O2/c1-18-10-25(14-28(31(18)32)26-7-5-4-6-22(26)16-33)30(37)13-21-8-9-23(17-34)27(12-21)29-15-24(20(3)36)11-19(2)35-29/h4-12,14-15H,13H2,1-3H3. The van der Waals surface area contributed by atoms with Gasteiger partial charge in [0.15, 0.2) is 11.6 Å². The van der Waals surface area contributed by atoms with Crippen LogP contribution in [0.25, 0.3) is 22.4 Å². The van der Waals surface area contributed by atoms with Crippen LogP contribution >= 0.6 is 0 Å². The Labute approximate surface area is 214 Å². The Bertz CT molecular complexity index is 1660. The Morgan fingerprint density at radius 3 is 2.24 bits per heavy atom. The van der Waals surface area contributed by atoms with Gasteiger partial charge in [0, 0.05) is 39.9 Å². The molecule has 0 bridgehead atoms. The smallest absolute Gasteiger partial charge is 0.167 e. The van der Waals surface area contributed by atoms with Crippen molar-refractivity contribution in [3.63, 3.8) is 0 Å². The molecule has 180 valence electrons. The Kier molecular flexibility index (Phi) is 7.04. The molecule has 0 fully saturated rings. The highest BCUT2D eigenvalue weighted by atomic mass is 19.1. The van der Waals surface area contributed by atoms with Crippen molar-refractivity contribution in [2.75, 3.05) is 0 Å². The largest absolute Gasteiger partial charge is 0.295 e. The first-order valence-corrected chi connectivity index (χ1v) is 11.6. The van der Waals surface area contributed by atoms with Crippen LogP contribution in [0.3, 0.4) is 0 Å². The van der Waals surface area contributed by atoms with E-state index in [1.54, 1.807) is 68.4 Å². The fraction of sp³-hybridized carbons (Fsp3) is 0.129. The molecular formula is C31H22FN3O2. The van der Waals surface area contributed by atoms with Crippen LogP contribution in [-0.2, 0) is 6.42 Å². The fourth-order valence-electron chi connectivity index (χ4n) is 4.25. The second-order valence-corrected chi connectivity index (χ2v) is 8.84. The number of aryl methyl sites for hydroxylation is 2. The molecule has 0 aliphatic heterocycles. The van der Waals surface area contributed by atoms with Crippen molar-refractivity contribution in [1.82, 2.24) is 4.98 Å². The van der Waals surface area contributed by atoms with Crippen LogP contribution in [0.5, 0.6) is 0 Å². The van der Waals surface area contributed by atoms with Crippen molar-refractivity contribution in [2.24, 2.45) is 0 Å². The quantitative estimate of drug-likeness (QED) is 0.288. The molecule has 0 saturated heterocycles.